The lowest BCUT2D eigenvalue weighted by Gasteiger charge is -2.23. The van der Waals surface area contributed by atoms with Crippen molar-refractivity contribution in [2.45, 2.75) is 43.4 Å². The Morgan fingerprint density at radius 1 is 0.812 bits per heavy atom. The van der Waals surface area contributed by atoms with Gasteiger partial charge in [-0.05, 0) is 12.8 Å². The molecule has 0 bridgehead atoms. The number of aliphatic imine (C=N–C) groups is 1. The first-order chi connectivity index (χ1) is 14.9. The van der Waals surface area contributed by atoms with E-state index in [-0.39, 0.29) is 18.9 Å². The lowest BCUT2D eigenvalue weighted by Crippen LogP contribution is -2.58. The number of nitrogens with one attached hydrogen (secondary N) is 3. The number of hydrogen-bond donors (Lipinski definition) is 10. The molecule has 0 rings (SSSR count). The molecule has 182 valence electrons. The predicted molar refractivity (Wildman–Crippen MR) is 108 cm³/mol. The Labute approximate surface area is 182 Å². The highest BCUT2D eigenvalue weighted by molar-refractivity contribution is 5.95. The summed E-state index contributed by atoms with van der Waals surface area (Å²) >= 11 is 0. The Hall–Kier alpha value is -3.50. The van der Waals surface area contributed by atoms with Gasteiger partial charge in [-0.15, -0.1) is 0 Å². The van der Waals surface area contributed by atoms with Crippen molar-refractivity contribution in [3.63, 3.8) is 0 Å². The molecule has 0 radical (unpaired) electrons. The van der Waals surface area contributed by atoms with E-state index in [1.807, 2.05) is 10.6 Å². The fourth-order valence-corrected chi connectivity index (χ4v) is 2.24. The van der Waals surface area contributed by atoms with Crippen molar-refractivity contribution < 1.29 is 44.4 Å². The molecule has 4 unspecified atom stereocenters. The van der Waals surface area contributed by atoms with Crippen LogP contribution in [0.2, 0.25) is 0 Å². The molecule has 0 heterocycles. The molecule has 0 aliphatic rings. The van der Waals surface area contributed by atoms with E-state index >= 15 is 0 Å². The molecular weight excluding hydrogens is 434 g/mol. The fourth-order valence-electron chi connectivity index (χ4n) is 2.24. The third-order valence-corrected chi connectivity index (χ3v) is 3.93. The highest BCUT2D eigenvalue weighted by atomic mass is 16.4. The summed E-state index contributed by atoms with van der Waals surface area (Å²) in [6.45, 7) is -1.74. The maximum absolute atomic E-state index is 12.4. The van der Waals surface area contributed by atoms with Gasteiger partial charge in [-0.25, -0.2) is 4.79 Å². The van der Waals surface area contributed by atoms with Crippen LogP contribution in [0, 0.1) is 0 Å². The zero-order chi connectivity index (χ0) is 24.8. The number of carbonyl (C=O) groups excluding carboxylic acids is 3. The van der Waals surface area contributed by atoms with E-state index in [4.69, 9.17) is 32.5 Å². The summed E-state index contributed by atoms with van der Waals surface area (Å²) in [4.78, 5) is 62.3. The quantitative estimate of drug-likeness (QED) is 0.0617. The molecule has 16 heteroatoms. The maximum atomic E-state index is 12.4. The number of amides is 3. The van der Waals surface area contributed by atoms with Gasteiger partial charge in [0.05, 0.1) is 25.7 Å². The average molecular weight is 463 g/mol. The molecule has 32 heavy (non-hydrogen) atoms. The molecule has 0 fully saturated rings. The maximum Gasteiger partial charge on any atom is 0.328 e. The van der Waals surface area contributed by atoms with Crippen LogP contribution < -0.4 is 33.2 Å². The number of aliphatic hydroxyl groups excluding tert-OH is 2. The van der Waals surface area contributed by atoms with E-state index in [1.54, 1.807) is 0 Å². The minimum absolute atomic E-state index is 0.115. The Balaban J connectivity index is 5.09. The highest BCUT2D eigenvalue weighted by Crippen LogP contribution is 2.00. The zero-order valence-electron chi connectivity index (χ0n) is 17.1. The van der Waals surface area contributed by atoms with Crippen LogP contribution in [0.5, 0.6) is 0 Å². The minimum atomic E-state index is -1.69. The van der Waals surface area contributed by atoms with Gasteiger partial charge in [0.15, 0.2) is 5.96 Å². The summed E-state index contributed by atoms with van der Waals surface area (Å²) in [6.07, 6.45) is -0.430. The molecule has 0 aromatic carbocycles. The SMILES string of the molecule is NC(N)=NCCCC(N)C(=O)NC(CC(=O)O)C(=O)NC(CO)C(=O)NC(CO)C(=O)O. The fraction of sp³-hybridized carbons (Fsp3) is 0.625. The van der Waals surface area contributed by atoms with Gasteiger partial charge in [0.1, 0.15) is 18.1 Å². The van der Waals surface area contributed by atoms with Crippen LogP contribution in [0.3, 0.4) is 0 Å². The van der Waals surface area contributed by atoms with Crippen LogP contribution in [-0.4, -0.2) is 100.0 Å². The monoisotopic (exact) mass is 463 g/mol. The van der Waals surface area contributed by atoms with Crippen molar-refractivity contribution in [2.75, 3.05) is 19.8 Å². The van der Waals surface area contributed by atoms with Gasteiger partial charge in [0.2, 0.25) is 17.7 Å². The molecule has 0 saturated heterocycles. The second kappa shape index (κ2) is 14.5. The predicted octanol–water partition coefficient (Wildman–Crippen LogP) is -5.63. The summed E-state index contributed by atoms with van der Waals surface area (Å²) in [7, 11) is 0. The number of carboxylic acid groups (broad SMARTS) is 2. The average Bonchev–Trinajstić information content (AvgIpc) is 2.71. The van der Waals surface area contributed by atoms with Crippen LogP contribution in [0.4, 0.5) is 0 Å². The van der Waals surface area contributed by atoms with Crippen LogP contribution in [0.25, 0.3) is 0 Å². The number of aliphatic carboxylic acids is 2. The van der Waals surface area contributed by atoms with Gasteiger partial charge in [0, 0.05) is 6.54 Å². The van der Waals surface area contributed by atoms with E-state index in [0.29, 0.717) is 6.42 Å². The molecule has 0 saturated carbocycles. The lowest BCUT2D eigenvalue weighted by molar-refractivity contribution is -0.144. The summed E-state index contributed by atoms with van der Waals surface area (Å²) in [5.74, 6) is -6.31. The van der Waals surface area contributed by atoms with Crippen molar-refractivity contribution in [1.29, 1.82) is 0 Å². The van der Waals surface area contributed by atoms with Gasteiger partial charge in [-0.2, -0.15) is 0 Å². The number of aliphatic hydroxyl groups is 2. The molecule has 0 aromatic rings. The number of guanidine groups is 1. The largest absolute Gasteiger partial charge is 0.481 e. The van der Waals surface area contributed by atoms with Gasteiger partial charge >= 0.3 is 11.9 Å². The molecule has 0 aliphatic carbocycles. The molecule has 13 N–H and O–H groups in total. The summed E-state index contributed by atoms with van der Waals surface area (Å²) in [6, 6.07) is -6.15. The number of carbonyl (C=O) groups is 5. The summed E-state index contributed by atoms with van der Waals surface area (Å²) in [5, 5.41) is 42.1. The minimum Gasteiger partial charge on any atom is -0.481 e. The van der Waals surface area contributed by atoms with Gasteiger partial charge in [-0.1, -0.05) is 0 Å². The van der Waals surface area contributed by atoms with Crippen LogP contribution in [0.15, 0.2) is 4.99 Å². The van der Waals surface area contributed by atoms with Crippen molar-refractivity contribution in [3.8, 4) is 0 Å². The Kier molecular flexibility index (Phi) is 12.9. The number of nitrogens with zero attached hydrogens (tertiary/aromatic N) is 1. The van der Waals surface area contributed by atoms with E-state index < -0.39 is 73.5 Å². The zero-order valence-corrected chi connectivity index (χ0v) is 17.1. The second-order valence-electron chi connectivity index (χ2n) is 6.54. The van der Waals surface area contributed by atoms with Crippen molar-refractivity contribution in [1.82, 2.24) is 16.0 Å². The molecule has 16 nitrogen and oxygen atoms in total. The normalized spacial score (nSPS) is 14.2. The lowest BCUT2D eigenvalue weighted by atomic mass is 10.1. The first-order valence-electron chi connectivity index (χ1n) is 9.31. The highest BCUT2D eigenvalue weighted by Gasteiger charge is 2.31. The smallest absolute Gasteiger partial charge is 0.328 e. The summed E-state index contributed by atoms with van der Waals surface area (Å²) in [5.41, 5.74) is 16.0. The molecule has 0 spiro atoms. The van der Waals surface area contributed by atoms with Gasteiger partial charge in [-0.3, -0.25) is 24.2 Å². The van der Waals surface area contributed by atoms with Crippen molar-refractivity contribution in [3.05, 3.63) is 0 Å². The van der Waals surface area contributed by atoms with E-state index in [9.17, 15) is 29.1 Å². The molecule has 0 aromatic heterocycles. The van der Waals surface area contributed by atoms with E-state index in [2.05, 4.69) is 10.3 Å². The molecule has 0 aliphatic heterocycles. The number of rotatable bonds is 15. The topological polar surface area (TPSA) is 293 Å². The Bertz CT molecular complexity index is 712. The standard InChI is InChI=1S/C16H29N7O9/c17-7(2-1-3-20-16(18)19)12(28)21-8(4-11(26)27)13(29)22-9(5-24)14(30)23-10(6-25)15(31)32/h7-10,24-25H,1-6,17H2,(H,21,28)(H,22,29)(H,23,30)(H,26,27)(H,31,32)(H4,18,19,20). The van der Waals surface area contributed by atoms with Crippen molar-refractivity contribution >= 4 is 35.6 Å². The van der Waals surface area contributed by atoms with Gasteiger partial charge in [0.25, 0.3) is 0 Å². The third kappa shape index (κ3) is 11.0. The third-order valence-electron chi connectivity index (χ3n) is 3.93. The van der Waals surface area contributed by atoms with Crippen LogP contribution in [0.1, 0.15) is 19.3 Å². The summed E-state index contributed by atoms with van der Waals surface area (Å²) < 4.78 is 0. The first-order valence-corrected chi connectivity index (χ1v) is 9.31. The van der Waals surface area contributed by atoms with Crippen LogP contribution in [-0.2, 0) is 24.0 Å². The Morgan fingerprint density at radius 3 is 1.78 bits per heavy atom. The molecular formula is C16H29N7O9. The number of carboxylic acids is 2. The molecule has 3 amide bonds. The molecule has 4 atom stereocenters. The van der Waals surface area contributed by atoms with Gasteiger partial charge < -0.3 is 53.6 Å². The second-order valence-corrected chi connectivity index (χ2v) is 6.54. The Morgan fingerprint density at radius 2 is 1.31 bits per heavy atom. The van der Waals surface area contributed by atoms with Crippen LogP contribution >= 0.6 is 0 Å². The van der Waals surface area contributed by atoms with E-state index in [0.717, 1.165) is 0 Å². The van der Waals surface area contributed by atoms with Crippen molar-refractivity contribution in [2.24, 2.45) is 22.2 Å². The van der Waals surface area contributed by atoms with E-state index in [1.165, 1.54) is 0 Å². The number of hydrogen-bond acceptors (Lipinski definition) is 9. The number of nitrogens with two attached hydrogens (primary N) is 3. The first kappa shape index (κ1) is 28.5.